The Balaban J connectivity index is 1.45. The minimum Gasteiger partial charge on any atom is -0.493 e. The first-order valence-electron chi connectivity index (χ1n) is 9.83. The second kappa shape index (κ2) is 9.09. The second-order valence-corrected chi connectivity index (χ2v) is 6.69. The highest BCUT2D eigenvalue weighted by Gasteiger charge is 2.08. The molecule has 1 N–H and O–H groups in total. The van der Waals surface area contributed by atoms with E-state index in [1.165, 1.54) is 0 Å². The van der Waals surface area contributed by atoms with Crippen LogP contribution in [0.15, 0.2) is 84.0 Å². The molecule has 0 aromatic heterocycles. The van der Waals surface area contributed by atoms with E-state index in [0.29, 0.717) is 12.4 Å². The molecule has 5 nitrogen and oxygen atoms in total. The lowest BCUT2D eigenvalue weighted by Crippen LogP contribution is -2.24. The van der Waals surface area contributed by atoms with Gasteiger partial charge >= 0.3 is 0 Å². The Morgan fingerprint density at radius 2 is 1.53 bits per heavy atom. The molecule has 0 spiro atoms. The average molecular weight is 398 g/mol. The van der Waals surface area contributed by atoms with Crippen LogP contribution in [0.5, 0.6) is 11.5 Å². The van der Waals surface area contributed by atoms with Gasteiger partial charge in [-0.1, -0.05) is 66.7 Å². The van der Waals surface area contributed by atoms with Crippen molar-refractivity contribution in [3.63, 3.8) is 0 Å². The normalized spacial score (nSPS) is 11.1. The van der Waals surface area contributed by atoms with Gasteiger partial charge < -0.3 is 9.47 Å². The van der Waals surface area contributed by atoms with Gasteiger partial charge in [-0.15, -0.1) is 0 Å². The van der Waals surface area contributed by atoms with Crippen molar-refractivity contribution in [3.05, 3.63) is 84.4 Å². The Kier molecular flexibility index (Phi) is 5.90. The van der Waals surface area contributed by atoms with Crippen LogP contribution in [0, 0.1) is 0 Å². The number of hydrogen-bond donors (Lipinski definition) is 1. The first kappa shape index (κ1) is 19.5. The van der Waals surface area contributed by atoms with Gasteiger partial charge in [0.2, 0.25) is 0 Å². The molecule has 0 saturated carbocycles. The van der Waals surface area contributed by atoms with Crippen molar-refractivity contribution < 1.29 is 14.3 Å². The largest absolute Gasteiger partial charge is 0.493 e. The zero-order valence-corrected chi connectivity index (χ0v) is 16.7. The number of rotatable bonds is 7. The number of carbonyl (C=O) groups is 1. The van der Waals surface area contributed by atoms with Crippen LogP contribution in [-0.2, 0) is 4.79 Å². The van der Waals surface area contributed by atoms with Crippen LogP contribution >= 0.6 is 0 Å². The van der Waals surface area contributed by atoms with Gasteiger partial charge in [0.1, 0.15) is 11.5 Å². The molecule has 0 unspecified atom stereocenters. The fourth-order valence-electron chi connectivity index (χ4n) is 3.36. The molecule has 0 heterocycles. The molecule has 4 rings (SSSR count). The van der Waals surface area contributed by atoms with Gasteiger partial charge in [-0.2, -0.15) is 5.10 Å². The molecule has 0 aliphatic rings. The van der Waals surface area contributed by atoms with E-state index >= 15 is 0 Å². The van der Waals surface area contributed by atoms with E-state index in [1.54, 1.807) is 6.21 Å². The quantitative estimate of drug-likeness (QED) is 0.355. The van der Waals surface area contributed by atoms with E-state index in [4.69, 9.17) is 9.47 Å². The van der Waals surface area contributed by atoms with E-state index in [-0.39, 0.29) is 12.5 Å². The Morgan fingerprint density at radius 3 is 2.33 bits per heavy atom. The number of fused-ring (bicyclic) bond motifs is 2. The number of hydrazone groups is 1. The highest BCUT2D eigenvalue weighted by molar-refractivity contribution is 6.02. The summed E-state index contributed by atoms with van der Waals surface area (Å²) in [5.41, 5.74) is 3.36. The topological polar surface area (TPSA) is 59.9 Å². The molecule has 5 heteroatoms. The lowest BCUT2D eigenvalue weighted by atomic mass is 10.0. The zero-order valence-electron chi connectivity index (χ0n) is 16.7. The Hall–Kier alpha value is -3.86. The summed E-state index contributed by atoms with van der Waals surface area (Å²) < 4.78 is 11.4. The van der Waals surface area contributed by atoms with Gasteiger partial charge in [0, 0.05) is 10.9 Å². The van der Waals surface area contributed by atoms with Crippen LogP contribution in [-0.4, -0.2) is 25.3 Å². The van der Waals surface area contributed by atoms with Gasteiger partial charge in [-0.3, -0.25) is 4.79 Å². The number of benzene rings is 4. The van der Waals surface area contributed by atoms with Gasteiger partial charge in [-0.25, -0.2) is 5.43 Å². The minimum absolute atomic E-state index is 0.126. The number of nitrogens with one attached hydrogen (secondary N) is 1. The number of ether oxygens (including phenoxy) is 2. The SMILES string of the molecule is CCOc1ccc2ccccc2c1C=NNC(=O)COc1cccc2ccccc12. The zero-order chi connectivity index (χ0) is 20.8. The van der Waals surface area contributed by atoms with Gasteiger partial charge in [0.25, 0.3) is 5.91 Å². The number of nitrogens with zero attached hydrogens (tertiary/aromatic N) is 1. The molecule has 4 aromatic rings. The van der Waals surface area contributed by atoms with Crippen molar-refractivity contribution in [2.75, 3.05) is 13.2 Å². The maximum Gasteiger partial charge on any atom is 0.277 e. The highest BCUT2D eigenvalue weighted by atomic mass is 16.5. The number of carbonyl (C=O) groups excluding carboxylic acids is 1. The Bertz CT molecular complexity index is 1210. The summed E-state index contributed by atoms with van der Waals surface area (Å²) in [5, 5.41) is 8.24. The van der Waals surface area contributed by atoms with Crippen LogP contribution in [0.1, 0.15) is 12.5 Å². The van der Waals surface area contributed by atoms with E-state index in [0.717, 1.165) is 32.9 Å². The van der Waals surface area contributed by atoms with E-state index in [2.05, 4.69) is 10.5 Å². The van der Waals surface area contributed by atoms with E-state index in [9.17, 15) is 4.79 Å². The molecule has 0 saturated heterocycles. The molecular formula is C25H22N2O3. The summed E-state index contributed by atoms with van der Waals surface area (Å²) >= 11 is 0. The summed E-state index contributed by atoms with van der Waals surface area (Å²) in [6.07, 6.45) is 1.61. The molecule has 0 atom stereocenters. The molecular weight excluding hydrogens is 376 g/mol. The maximum atomic E-state index is 12.2. The molecule has 0 bridgehead atoms. The first-order valence-corrected chi connectivity index (χ1v) is 9.83. The van der Waals surface area contributed by atoms with Crippen LogP contribution in [0.4, 0.5) is 0 Å². The van der Waals surface area contributed by atoms with Crippen LogP contribution in [0.3, 0.4) is 0 Å². The third kappa shape index (κ3) is 4.25. The third-order valence-corrected chi connectivity index (χ3v) is 4.72. The summed E-state index contributed by atoms with van der Waals surface area (Å²) in [5.74, 6) is 1.05. The molecule has 0 aliphatic heterocycles. The second-order valence-electron chi connectivity index (χ2n) is 6.69. The first-order chi connectivity index (χ1) is 14.8. The standard InChI is InChI=1S/C25H22N2O3/c1-2-29-24-15-14-19-9-3-5-11-20(19)22(24)16-26-27-25(28)17-30-23-13-7-10-18-8-4-6-12-21(18)23/h3-16H,2,17H2,1H3,(H,27,28). The molecule has 1 amide bonds. The summed E-state index contributed by atoms with van der Waals surface area (Å²) in [6, 6.07) is 25.6. The highest BCUT2D eigenvalue weighted by Crippen LogP contribution is 2.27. The van der Waals surface area contributed by atoms with Crippen LogP contribution < -0.4 is 14.9 Å². The summed E-state index contributed by atoms with van der Waals surface area (Å²) in [6.45, 7) is 2.35. The fourth-order valence-corrected chi connectivity index (χ4v) is 3.36. The Morgan fingerprint density at radius 1 is 0.833 bits per heavy atom. The van der Waals surface area contributed by atoms with Crippen molar-refractivity contribution in [3.8, 4) is 11.5 Å². The molecule has 30 heavy (non-hydrogen) atoms. The van der Waals surface area contributed by atoms with Gasteiger partial charge in [-0.05, 0) is 35.2 Å². The monoisotopic (exact) mass is 398 g/mol. The molecule has 150 valence electrons. The van der Waals surface area contributed by atoms with Crippen molar-refractivity contribution in [2.24, 2.45) is 5.10 Å². The van der Waals surface area contributed by atoms with Crippen molar-refractivity contribution in [1.29, 1.82) is 0 Å². The number of amides is 1. The number of hydrogen-bond acceptors (Lipinski definition) is 4. The van der Waals surface area contributed by atoms with Crippen LogP contribution in [0.2, 0.25) is 0 Å². The maximum absolute atomic E-state index is 12.2. The molecule has 0 radical (unpaired) electrons. The lowest BCUT2D eigenvalue weighted by Gasteiger charge is -2.10. The van der Waals surface area contributed by atoms with Crippen molar-refractivity contribution in [2.45, 2.75) is 6.92 Å². The average Bonchev–Trinajstić information content (AvgIpc) is 2.79. The minimum atomic E-state index is -0.336. The summed E-state index contributed by atoms with van der Waals surface area (Å²) in [4.78, 5) is 12.2. The smallest absolute Gasteiger partial charge is 0.277 e. The van der Waals surface area contributed by atoms with Crippen molar-refractivity contribution in [1.82, 2.24) is 5.43 Å². The molecule has 0 aliphatic carbocycles. The van der Waals surface area contributed by atoms with Gasteiger partial charge in [0.05, 0.1) is 12.8 Å². The van der Waals surface area contributed by atoms with E-state index in [1.807, 2.05) is 85.8 Å². The summed E-state index contributed by atoms with van der Waals surface area (Å²) in [7, 11) is 0. The third-order valence-electron chi connectivity index (χ3n) is 4.72. The molecule has 0 fully saturated rings. The Labute approximate surface area is 174 Å². The fraction of sp³-hybridized carbons (Fsp3) is 0.120. The molecule has 4 aromatic carbocycles. The van der Waals surface area contributed by atoms with Gasteiger partial charge in [0.15, 0.2) is 6.61 Å². The lowest BCUT2D eigenvalue weighted by molar-refractivity contribution is -0.123. The van der Waals surface area contributed by atoms with E-state index < -0.39 is 0 Å². The predicted molar refractivity (Wildman–Crippen MR) is 120 cm³/mol. The van der Waals surface area contributed by atoms with Crippen molar-refractivity contribution >= 4 is 33.7 Å². The van der Waals surface area contributed by atoms with Crippen LogP contribution in [0.25, 0.3) is 21.5 Å². The predicted octanol–water partition coefficient (Wildman–Crippen LogP) is 4.92.